The third kappa shape index (κ3) is 1.34. The molecule has 0 atom stereocenters. The summed E-state index contributed by atoms with van der Waals surface area (Å²) >= 11 is 0. The summed E-state index contributed by atoms with van der Waals surface area (Å²) < 4.78 is 5.11. The quantitative estimate of drug-likeness (QED) is 0.705. The lowest BCUT2D eigenvalue weighted by Crippen LogP contribution is -2.23. The minimum Gasteiger partial charge on any atom is -0.440 e. The molecule has 0 saturated carbocycles. The SMILES string of the molecule is NC(=O)c1c(N)oc2ccccc2c1=O. The molecule has 0 spiro atoms. The number of carbonyl (C=O) groups excluding carboxylic acids is 1. The minimum absolute atomic E-state index is 0.244. The van der Waals surface area contributed by atoms with Gasteiger partial charge in [0, 0.05) is 0 Å². The van der Waals surface area contributed by atoms with Gasteiger partial charge in [0.15, 0.2) is 0 Å². The van der Waals surface area contributed by atoms with E-state index in [9.17, 15) is 9.59 Å². The second-order valence-corrected chi connectivity index (χ2v) is 3.03. The van der Waals surface area contributed by atoms with E-state index in [-0.39, 0.29) is 11.4 Å². The highest BCUT2D eigenvalue weighted by Crippen LogP contribution is 2.16. The maximum Gasteiger partial charge on any atom is 0.258 e. The number of anilines is 1. The number of fused-ring (bicyclic) bond motifs is 1. The highest BCUT2D eigenvalue weighted by molar-refractivity contribution is 5.99. The number of rotatable bonds is 1. The molecule has 0 aliphatic heterocycles. The smallest absolute Gasteiger partial charge is 0.258 e. The second kappa shape index (κ2) is 3.13. The van der Waals surface area contributed by atoms with E-state index in [0.29, 0.717) is 11.0 Å². The second-order valence-electron chi connectivity index (χ2n) is 3.03. The van der Waals surface area contributed by atoms with Crippen LogP contribution in [-0.2, 0) is 0 Å². The van der Waals surface area contributed by atoms with Crippen molar-refractivity contribution in [1.29, 1.82) is 0 Å². The molecule has 0 bridgehead atoms. The van der Waals surface area contributed by atoms with Gasteiger partial charge in [-0.1, -0.05) is 12.1 Å². The van der Waals surface area contributed by atoms with Crippen molar-refractivity contribution in [3.63, 3.8) is 0 Å². The Kier molecular flexibility index (Phi) is 1.93. The zero-order valence-corrected chi connectivity index (χ0v) is 7.69. The summed E-state index contributed by atoms with van der Waals surface area (Å²) in [5, 5.41) is 0.292. The highest BCUT2D eigenvalue weighted by atomic mass is 16.3. The molecule has 0 aliphatic rings. The molecule has 5 heteroatoms. The molecule has 4 N–H and O–H groups in total. The normalized spacial score (nSPS) is 10.4. The van der Waals surface area contributed by atoms with Crippen molar-refractivity contribution in [1.82, 2.24) is 0 Å². The first-order valence-electron chi connectivity index (χ1n) is 4.22. The molecule has 0 unspecified atom stereocenters. The summed E-state index contributed by atoms with van der Waals surface area (Å²) in [4.78, 5) is 22.7. The fourth-order valence-electron chi connectivity index (χ4n) is 1.39. The number of hydrogen-bond acceptors (Lipinski definition) is 4. The molecule has 0 fully saturated rings. The Morgan fingerprint density at radius 3 is 2.60 bits per heavy atom. The molecule has 15 heavy (non-hydrogen) atoms. The number of benzene rings is 1. The van der Waals surface area contributed by atoms with Gasteiger partial charge in [0.05, 0.1) is 5.39 Å². The average Bonchev–Trinajstić information content (AvgIpc) is 2.17. The van der Waals surface area contributed by atoms with Crippen LogP contribution in [0.25, 0.3) is 11.0 Å². The lowest BCUT2D eigenvalue weighted by Gasteiger charge is -2.02. The number of carbonyl (C=O) groups is 1. The van der Waals surface area contributed by atoms with Crippen LogP contribution in [0.3, 0.4) is 0 Å². The van der Waals surface area contributed by atoms with Gasteiger partial charge in [-0.05, 0) is 12.1 Å². The first-order chi connectivity index (χ1) is 7.11. The Morgan fingerprint density at radius 1 is 1.27 bits per heavy atom. The summed E-state index contributed by atoms with van der Waals surface area (Å²) in [6.45, 7) is 0. The van der Waals surface area contributed by atoms with Crippen LogP contribution in [0.5, 0.6) is 0 Å². The van der Waals surface area contributed by atoms with E-state index in [1.807, 2.05) is 0 Å². The standard InChI is InChI=1S/C10H8N2O3/c11-9(14)7-8(13)5-3-1-2-4-6(5)15-10(7)12/h1-4H,12H2,(H2,11,14). The maximum absolute atomic E-state index is 11.7. The van der Waals surface area contributed by atoms with E-state index >= 15 is 0 Å². The summed E-state index contributed by atoms with van der Waals surface area (Å²) in [7, 11) is 0. The summed E-state index contributed by atoms with van der Waals surface area (Å²) in [6.07, 6.45) is 0. The van der Waals surface area contributed by atoms with E-state index < -0.39 is 11.3 Å². The molecule has 1 aromatic heterocycles. The van der Waals surface area contributed by atoms with E-state index in [4.69, 9.17) is 15.9 Å². The Morgan fingerprint density at radius 2 is 1.93 bits per heavy atom. The lowest BCUT2D eigenvalue weighted by atomic mass is 10.1. The highest BCUT2D eigenvalue weighted by Gasteiger charge is 2.15. The van der Waals surface area contributed by atoms with Crippen LogP contribution in [0.2, 0.25) is 0 Å². The molecular formula is C10H8N2O3. The van der Waals surface area contributed by atoms with Gasteiger partial charge in [-0.2, -0.15) is 0 Å². The van der Waals surface area contributed by atoms with Gasteiger partial charge >= 0.3 is 0 Å². The molecule has 2 aromatic rings. The maximum atomic E-state index is 11.7. The molecule has 1 heterocycles. The molecule has 1 amide bonds. The molecule has 0 saturated heterocycles. The zero-order chi connectivity index (χ0) is 11.0. The molecule has 5 nitrogen and oxygen atoms in total. The van der Waals surface area contributed by atoms with Crippen molar-refractivity contribution in [3.05, 3.63) is 40.1 Å². The van der Waals surface area contributed by atoms with Gasteiger partial charge in [-0.3, -0.25) is 9.59 Å². The Balaban J connectivity index is 2.97. The first-order valence-corrected chi connectivity index (χ1v) is 4.22. The Bertz CT molecular complexity index is 601. The Hall–Kier alpha value is -2.30. The summed E-state index contributed by atoms with van der Waals surface area (Å²) in [6, 6.07) is 6.51. The third-order valence-corrected chi connectivity index (χ3v) is 2.07. The summed E-state index contributed by atoms with van der Waals surface area (Å²) in [5.41, 5.74) is 9.99. The molecular weight excluding hydrogens is 196 g/mol. The Labute approximate surface area is 84.3 Å². The van der Waals surface area contributed by atoms with Gasteiger partial charge in [-0.25, -0.2) is 0 Å². The fourth-order valence-corrected chi connectivity index (χ4v) is 1.39. The van der Waals surface area contributed by atoms with E-state index in [0.717, 1.165) is 0 Å². The number of para-hydroxylation sites is 1. The zero-order valence-electron chi connectivity index (χ0n) is 7.69. The minimum atomic E-state index is -0.882. The van der Waals surface area contributed by atoms with Gasteiger partial charge in [0.1, 0.15) is 11.1 Å². The van der Waals surface area contributed by atoms with Crippen LogP contribution in [0, 0.1) is 0 Å². The molecule has 1 aromatic carbocycles. The van der Waals surface area contributed by atoms with Crippen LogP contribution in [0.1, 0.15) is 10.4 Å². The number of nitrogen functional groups attached to an aromatic ring is 1. The van der Waals surface area contributed by atoms with Crippen LogP contribution in [0.4, 0.5) is 5.88 Å². The number of hydrogen-bond donors (Lipinski definition) is 2. The summed E-state index contributed by atoms with van der Waals surface area (Å²) in [5.74, 6) is -1.13. The molecule has 0 radical (unpaired) electrons. The molecule has 0 aliphatic carbocycles. The van der Waals surface area contributed by atoms with Crippen molar-refractivity contribution in [2.24, 2.45) is 5.73 Å². The average molecular weight is 204 g/mol. The van der Waals surface area contributed by atoms with E-state index in [2.05, 4.69) is 0 Å². The number of nitrogens with two attached hydrogens (primary N) is 2. The molecule has 76 valence electrons. The van der Waals surface area contributed by atoms with Crippen LogP contribution in [0.15, 0.2) is 33.5 Å². The van der Waals surface area contributed by atoms with Crippen LogP contribution >= 0.6 is 0 Å². The van der Waals surface area contributed by atoms with Crippen molar-refractivity contribution in [2.75, 3.05) is 5.73 Å². The number of primary amides is 1. The van der Waals surface area contributed by atoms with E-state index in [1.54, 1.807) is 24.3 Å². The predicted molar refractivity (Wildman–Crippen MR) is 55.4 cm³/mol. The largest absolute Gasteiger partial charge is 0.440 e. The van der Waals surface area contributed by atoms with Crippen LogP contribution < -0.4 is 16.9 Å². The monoisotopic (exact) mass is 204 g/mol. The van der Waals surface area contributed by atoms with Crippen LogP contribution in [-0.4, -0.2) is 5.91 Å². The molecule has 2 rings (SSSR count). The van der Waals surface area contributed by atoms with Crippen molar-refractivity contribution >= 4 is 22.8 Å². The van der Waals surface area contributed by atoms with E-state index in [1.165, 1.54) is 0 Å². The lowest BCUT2D eigenvalue weighted by molar-refractivity contribution is 0.0999. The van der Waals surface area contributed by atoms with Gasteiger partial charge in [0.2, 0.25) is 11.3 Å². The first kappa shape index (κ1) is 9.26. The van der Waals surface area contributed by atoms with Crippen molar-refractivity contribution < 1.29 is 9.21 Å². The van der Waals surface area contributed by atoms with Crippen molar-refractivity contribution in [3.8, 4) is 0 Å². The van der Waals surface area contributed by atoms with Gasteiger partial charge in [0.25, 0.3) is 5.91 Å². The fraction of sp³-hybridized carbons (Fsp3) is 0. The van der Waals surface area contributed by atoms with Gasteiger partial charge < -0.3 is 15.9 Å². The van der Waals surface area contributed by atoms with Gasteiger partial charge in [-0.15, -0.1) is 0 Å². The topological polar surface area (TPSA) is 99.3 Å². The number of amides is 1. The third-order valence-electron chi connectivity index (χ3n) is 2.07. The van der Waals surface area contributed by atoms with Crippen molar-refractivity contribution in [2.45, 2.75) is 0 Å². The predicted octanol–water partition coefficient (Wildman–Crippen LogP) is 0.474.